The summed E-state index contributed by atoms with van der Waals surface area (Å²) in [6, 6.07) is 0. The highest BCUT2D eigenvalue weighted by Crippen LogP contribution is 2.60. The van der Waals surface area contributed by atoms with Crippen molar-refractivity contribution in [3.63, 3.8) is 0 Å². The lowest BCUT2D eigenvalue weighted by Gasteiger charge is -2.45. The summed E-state index contributed by atoms with van der Waals surface area (Å²) < 4.78 is 0. The van der Waals surface area contributed by atoms with Gasteiger partial charge in [0.25, 0.3) is 0 Å². The predicted octanol–water partition coefficient (Wildman–Crippen LogP) is 4.37. The van der Waals surface area contributed by atoms with Crippen LogP contribution in [0.3, 0.4) is 0 Å². The van der Waals surface area contributed by atoms with Gasteiger partial charge >= 0.3 is 0 Å². The van der Waals surface area contributed by atoms with E-state index in [1.165, 1.54) is 5.57 Å². The summed E-state index contributed by atoms with van der Waals surface area (Å²) in [5.41, 5.74) is 1.49. The number of rotatable bonds is 1. The van der Waals surface area contributed by atoms with Crippen molar-refractivity contribution < 1.29 is 9.90 Å². The number of carbonyl (C=O) groups is 1. The highest BCUT2D eigenvalue weighted by Gasteiger charge is 2.56. The molecule has 0 aromatic carbocycles. The van der Waals surface area contributed by atoms with Gasteiger partial charge in [0, 0.05) is 18.3 Å². The van der Waals surface area contributed by atoms with Crippen LogP contribution in [0.1, 0.15) is 66.7 Å². The molecule has 0 aliphatic heterocycles. The Morgan fingerprint density at radius 3 is 2.55 bits per heavy atom. The predicted molar refractivity (Wildman–Crippen MR) is 89.4 cm³/mol. The second-order valence-electron chi connectivity index (χ2n) is 9.04. The Kier molecular flexibility index (Phi) is 3.83. The van der Waals surface area contributed by atoms with Crippen molar-refractivity contribution in [3.05, 3.63) is 11.6 Å². The highest BCUT2D eigenvalue weighted by molar-refractivity contribution is 5.82. The molecular weight excluding hydrogens is 272 g/mol. The molecular formula is C20H32O2. The van der Waals surface area contributed by atoms with E-state index in [4.69, 9.17) is 0 Å². The third-order valence-electron chi connectivity index (χ3n) is 7.54. The molecule has 3 unspecified atom stereocenters. The van der Waals surface area contributed by atoms with Crippen molar-refractivity contribution in [3.8, 4) is 0 Å². The third kappa shape index (κ3) is 2.13. The average Bonchev–Trinajstić information content (AvgIpc) is 2.76. The first kappa shape index (κ1) is 16.2. The number of fused-ring (bicyclic) bond motifs is 2. The summed E-state index contributed by atoms with van der Waals surface area (Å²) in [5.74, 6) is 1.72. The van der Waals surface area contributed by atoms with E-state index in [0.717, 1.165) is 25.7 Å². The van der Waals surface area contributed by atoms with Gasteiger partial charge in [-0.25, -0.2) is 0 Å². The summed E-state index contributed by atoms with van der Waals surface area (Å²) in [6.45, 7) is 11.4. The van der Waals surface area contributed by atoms with Gasteiger partial charge in [-0.15, -0.1) is 0 Å². The molecule has 0 radical (unpaired) electrons. The summed E-state index contributed by atoms with van der Waals surface area (Å²) >= 11 is 0. The molecule has 3 aliphatic rings. The molecule has 2 fully saturated rings. The van der Waals surface area contributed by atoms with Gasteiger partial charge in [0.1, 0.15) is 5.78 Å². The van der Waals surface area contributed by atoms with E-state index >= 15 is 0 Å². The maximum atomic E-state index is 12.3. The van der Waals surface area contributed by atoms with E-state index in [1.807, 2.05) is 6.92 Å². The van der Waals surface area contributed by atoms with Gasteiger partial charge in [0.2, 0.25) is 0 Å². The maximum absolute atomic E-state index is 12.3. The molecule has 3 rings (SSSR count). The van der Waals surface area contributed by atoms with Crippen LogP contribution in [0.2, 0.25) is 0 Å². The molecule has 0 amide bonds. The van der Waals surface area contributed by atoms with Crippen LogP contribution >= 0.6 is 0 Å². The first-order chi connectivity index (χ1) is 10.2. The van der Waals surface area contributed by atoms with Crippen LogP contribution in [-0.4, -0.2) is 17.0 Å². The molecule has 2 heteroatoms. The minimum Gasteiger partial charge on any atom is -0.388 e. The van der Waals surface area contributed by atoms with Gasteiger partial charge in [-0.1, -0.05) is 40.7 Å². The number of carbonyl (C=O) groups excluding carboxylic acids is 1. The van der Waals surface area contributed by atoms with Crippen LogP contribution in [0.25, 0.3) is 0 Å². The van der Waals surface area contributed by atoms with Gasteiger partial charge in [-0.2, -0.15) is 0 Å². The first-order valence-electron chi connectivity index (χ1n) is 9.12. The van der Waals surface area contributed by atoms with Crippen molar-refractivity contribution in [2.75, 3.05) is 0 Å². The maximum Gasteiger partial charge on any atom is 0.136 e. The zero-order valence-electron chi connectivity index (χ0n) is 14.9. The second kappa shape index (κ2) is 5.19. The van der Waals surface area contributed by atoms with Crippen molar-refractivity contribution in [1.29, 1.82) is 0 Å². The van der Waals surface area contributed by atoms with Crippen LogP contribution in [0, 0.1) is 34.5 Å². The molecule has 6 atom stereocenters. The standard InChI is InChI=1S/C20H32O2/c1-12(2)14-6-7-15-18(22)17-13(3)16(21)8-9-19(17,4)10-11-20(14,15)5/h7,12-14,17-18,22H,6,8-11H2,1-5H3/t13?,14-,17?,18?,19-,20-/m1/s1. The smallest absolute Gasteiger partial charge is 0.136 e. The quantitative estimate of drug-likeness (QED) is 0.730. The zero-order valence-corrected chi connectivity index (χ0v) is 14.9. The monoisotopic (exact) mass is 304 g/mol. The Labute approximate surface area is 135 Å². The summed E-state index contributed by atoms with van der Waals surface area (Å²) in [4.78, 5) is 12.3. The molecule has 0 heterocycles. The largest absolute Gasteiger partial charge is 0.388 e. The van der Waals surface area contributed by atoms with E-state index in [-0.39, 0.29) is 22.7 Å². The number of hydrogen-bond acceptors (Lipinski definition) is 2. The Hall–Kier alpha value is -0.630. The van der Waals surface area contributed by atoms with Crippen molar-refractivity contribution in [1.82, 2.24) is 0 Å². The van der Waals surface area contributed by atoms with Crippen molar-refractivity contribution >= 4 is 5.78 Å². The fourth-order valence-corrected chi connectivity index (χ4v) is 6.05. The van der Waals surface area contributed by atoms with Gasteiger partial charge < -0.3 is 5.11 Å². The second-order valence-corrected chi connectivity index (χ2v) is 9.04. The van der Waals surface area contributed by atoms with Crippen molar-refractivity contribution in [2.45, 2.75) is 72.8 Å². The summed E-state index contributed by atoms with van der Waals surface area (Å²) in [5, 5.41) is 11.3. The Balaban J connectivity index is 2.02. The van der Waals surface area contributed by atoms with Crippen LogP contribution in [0.15, 0.2) is 11.6 Å². The normalized spacial score (nSPS) is 48.7. The number of Topliss-reactive ketones (excluding diaryl/α,β-unsaturated/α-hetero) is 1. The Morgan fingerprint density at radius 2 is 1.91 bits per heavy atom. The molecule has 2 nitrogen and oxygen atoms in total. The lowest BCUT2D eigenvalue weighted by Crippen LogP contribution is -2.46. The molecule has 124 valence electrons. The minimum absolute atomic E-state index is 0.00454. The molecule has 2 saturated carbocycles. The van der Waals surface area contributed by atoms with E-state index in [1.54, 1.807) is 0 Å². The number of hydrogen-bond donors (Lipinski definition) is 1. The van der Waals surface area contributed by atoms with Gasteiger partial charge in [-0.05, 0) is 53.9 Å². The van der Waals surface area contributed by atoms with Gasteiger partial charge in [-0.3, -0.25) is 4.79 Å². The van der Waals surface area contributed by atoms with Crippen LogP contribution in [0.5, 0.6) is 0 Å². The Bertz CT molecular complexity index is 506. The van der Waals surface area contributed by atoms with E-state index in [2.05, 4.69) is 33.8 Å². The lowest BCUT2D eigenvalue weighted by atomic mass is 9.59. The zero-order chi connectivity index (χ0) is 16.3. The number of allylic oxidation sites excluding steroid dienone is 1. The van der Waals surface area contributed by atoms with Crippen LogP contribution < -0.4 is 0 Å². The SMILES string of the molecule is CC1C(=O)CC[C@]2(C)CC[C@@]3(C)C(=CC[C@@H]3C(C)C)C(O)C12. The molecule has 0 saturated heterocycles. The van der Waals surface area contributed by atoms with E-state index in [9.17, 15) is 9.90 Å². The van der Waals surface area contributed by atoms with Gasteiger partial charge in [0.05, 0.1) is 6.10 Å². The third-order valence-corrected chi connectivity index (χ3v) is 7.54. The fraction of sp³-hybridized carbons (Fsp3) is 0.850. The summed E-state index contributed by atoms with van der Waals surface area (Å²) in [6.07, 6.45) is 6.92. The fourth-order valence-electron chi connectivity index (χ4n) is 6.05. The van der Waals surface area contributed by atoms with Crippen LogP contribution in [0.4, 0.5) is 0 Å². The average molecular weight is 304 g/mol. The van der Waals surface area contributed by atoms with Crippen molar-refractivity contribution in [2.24, 2.45) is 34.5 Å². The number of aliphatic hydroxyl groups excluding tert-OH is 1. The Morgan fingerprint density at radius 1 is 1.23 bits per heavy atom. The summed E-state index contributed by atoms with van der Waals surface area (Å²) in [7, 11) is 0. The topological polar surface area (TPSA) is 37.3 Å². The minimum atomic E-state index is -0.430. The lowest BCUT2D eigenvalue weighted by molar-refractivity contribution is -0.134. The molecule has 22 heavy (non-hydrogen) atoms. The molecule has 3 aliphatic carbocycles. The highest BCUT2D eigenvalue weighted by atomic mass is 16.3. The van der Waals surface area contributed by atoms with Crippen LogP contribution in [-0.2, 0) is 4.79 Å². The first-order valence-corrected chi connectivity index (χ1v) is 9.12. The molecule has 0 aromatic heterocycles. The van der Waals surface area contributed by atoms with E-state index < -0.39 is 6.10 Å². The molecule has 0 bridgehead atoms. The number of ketones is 1. The molecule has 1 N–H and O–H groups in total. The number of aliphatic hydroxyl groups is 1. The van der Waals surface area contributed by atoms with Gasteiger partial charge in [0.15, 0.2) is 0 Å². The molecule has 0 spiro atoms. The van der Waals surface area contributed by atoms with E-state index in [0.29, 0.717) is 24.0 Å². The molecule has 0 aromatic rings.